The predicted octanol–water partition coefficient (Wildman–Crippen LogP) is 2.32. The van der Waals surface area contributed by atoms with Gasteiger partial charge in [0.05, 0.1) is 5.56 Å². The smallest absolute Gasteiger partial charge is 0.335 e. The first-order chi connectivity index (χ1) is 9.08. The maximum atomic E-state index is 12.1. The van der Waals surface area contributed by atoms with E-state index in [9.17, 15) is 9.59 Å². The van der Waals surface area contributed by atoms with Crippen molar-refractivity contribution in [3.8, 4) is 0 Å². The maximum Gasteiger partial charge on any atom is 0.335 e. The van der Waals surface area contributed by atoms with E-state index in [-0.39, 0.29) is 11.5 Å². The normalized spacial score (nSPS) is 15.4. The molecular weight excluding hydrogens is 244 g/mol. The molecule has 0 spiro atoms. The van der Waals surface area contributed by atoms with E-state index >= 15 is 0 Å². The zero-order chi connectivity index (χ0) is 13.8. The van der Waals surface area contributed by atoms with Gasteiger partial charge in [0.1, 0.15) is 5.82 Å². The van der Waals surface area contributed by atoms with Gasteiger partial charge in [-0.2, -0.15) is 0 Å². The van der Waals surface area contributed by atoms with E-state index in [2.05, 4.69) is 4.98 Å². The number of rotatable bonds is 4. The summed E-state index contributed by atoms with van der Waals surface area (Å²) in [5.74, 6) is -0.150. The minimum atomic E-state index is -1.01. The number of hydrogen-bond donors (Lipinski definition) is 1. The molecule has 0 saturated heterocycles. The molecule has 0 aliphatic heterocycles. The van der Waals surface area contributed by atoms with E-state index in [1.165, 1.54) is 36.1 Å². The molecule has 5 nitrogen and oxygen atoms in total. The first-order valence-corrected chi connectivity index (χ1v) is 6.54. The second kappa shape index (κ2) is 5.82. The Bertz CT molecular complexity index is 481. The second-order valence-electron chi connectivity index (χ2n) is 5.02. The van der Waals surface area contributed by atoms with Gasteiger partial charge in [-0.05, 0) is 30.9 Å². The van der Waals surface area contributed by atoms with Crippen LogP contribution in [0.4, 0.5) is 5.82 Å². The summed E-state index contributed by atoms with van der Waals surface area (Å²) in [6.07, 6.45) is 6.57. The quantitative estimate of drug-likeness (QED) is 0.904. The number of nitrogens with zero attached hydrogens (tertiary/aromatic N) is 2. The van der Waals surface area contributed by atoms with Crippen LogP contribution in [-0.4, -0.2) is 29.0 Å². The Kier molecular flexibility index (Phi) is 4.14. The summed E-state index contributed by atoms with van der Waals surface area (Å²) in [5.41, 5.74) is 0.144. The van der Waals surface area contributed by atoms with E-state index in [1.54, 1.807) is 7.05 Å². The van der Waals surface area contributed by atoms with Gasteiger partial charge >= 0.3 is 5.97 Å². The molecule has 1 fully saturated rings. The maximum absolute atomic E-state index is 12.1. The average Bonchev–Trinajstić information content (AvgIpc) is 2.90. The molecule has 1 aliphatic rings. The zero-order valence-electron chi connectivity index (χ0n) is 11.0. The van der Waals surface area contributed by atoms with Gasteiger partial charge < -0.3 is 5.11 Å². The summed E-state index contributed by atoms with van der Waals surface area (Å²) >= 11 is 0. The van der Waals surface area contributed by atoms with Crippen LogP contribution in [0.3, 0.4) is 0 Å². The fourth-order valence-electron chi connectivity index (χ4n) is 2.46. The molecule has 1 aromatic rings. The number of carbonyl (C=O) groups is 2. The molecule has 102 valence electrons. The molecule has 0 atom stereocenters. The summed E-state index contributed by atoms with van der Waals surface area (Å²) in [5, 5.41) is 8.93. The third-order valence-corrected chi connectivity index (χ3v) is 3.65. The van der Waals surface area contributed by atoms with Gasteiger partial charge in [0.15, 0.2) is 0 Å². The molecule has 5 heteroatoms. The van der Waals surface area contributed by atoms with Crippen molar-refractivity contribution in [1.29, 1.82) is 0 Å². The van der Waals surface area contributed by atoms with Gasteiger partial charge in [-0.1, -0.05) is 12.8 Å². The van der Waals surface area contributed by atoms with Crippen LogP contribution in [-0.2, 0) is 4.79 Å². The Morgan fingerprint density at radius 1 is 1.42 bits per heavy atom. The Balaban J connectivity index is 2.05. The van der Waals surface area contributed by atoms with Gasteiger partial charge in [0, 0.05) is 19.7 Å². The molecule has 0 radical (unpaired) electrons. The minimum absolute atomic E-state index is 0.00180. The van der Waals surface area contributed by atoms with Gasteiger partial charge in [0.2, 0.25) is 5.91 Å². The SMILES string of the molecule is CN(C(=O)CC1CCCC1)c1cc(C(=O)O)ccn1. The molecule has 0 aromatic carbocycles. The Hall–Kier alpha value is -1.91. The molecule has 1 N–H and O–H groups in total. The molecule has 2 rings (SSSR count). The largest absolute Gasteiger partial charge is 0.478 e. The van der Waals surface area contributed by atoms with Crippen molar-refractivity contribution in [2.24, 2.45) is 5.92 Å². The van der Waals surface area contributed by atoms with Crippen LogP contribution < -0.4 is 4.90 Å². The lowest BCUT2D eigenvalue weighted by Gasteiger charge is -2.18. The van der Waals surface area contributed by atoms with E-state index < -0.39 is 5.97 Å². The molecule has 0 unspecified atom stereocenters. The van der Waals surface area contributed by atoms with E-state index in [4.69, 9.17) is 5.11 Å². The van der Waals surface area contributed by atoms with Crippen LogP contribution in [0.25, 0.3) is 0 Å². The number of aromatic nitrogens is 1. The summed E-state index contributed by atoms with van der Waals surface area (Å²) < 4.78 is 0. The lowest BCUT2D eigenvalue weighted by molar-refractivity contribution is -0.119. The van der Waals surface area contributed by atoms with Crippen molar-refractivity contribution in [1.82, 2.24) is 4.98 Å². The highest BCUT2D eigenvalue weighted by Crippen LogP contribution is 2.28. The summed E-state index contributed by atoms with van der Waals surface area (Å²) in [6, 6.07) is 2.84. The minimum Gasteiger partial charge on any atom is -0.478 e. The highest BCUT2D eigenvalue weighted by Gasteiger charge is 2.21. The number of amides is 1. The summed E-state index contributed by atoms with van der Waals surface area (Å²) in [6.45, 7) is 0. The molecule has 1 amide bonds. The number of carboxylic acids is 1. The highest BCUT2D eigenvalue weighted by molar-refractivity contribution is 5.94. The Labute approximate surface area is 112 Å². The van der Waals surface area contributed by atoms with Crippen LogP contribution >= 0.6 is 0 Å². The molecule has 1 aromatic heterocycles. The van der Waals surface area contributed by atoms with Crippen molar-refractivity contribution >= 4 is 17.7 Å². The van der Waals surface area contributed by atoms with Gasteiger partial charge in [-0.3, -0.25) is 9.69 Å². The number of pyridine rings is 1. The van der Waals surface area contributed by atoms with Crippen LogP contribution in [0.15, 0.2) is 18.3 Å². The first-order valence-electron chi connectivity index (χ1n) is 6.54. The number of aromatic carboxylic acids is 1. The van der Waals surface area contributed by atoms with Gasteiger partial charge in [0.25, 0.3) is 0 Å². The predicted molar refractivity (Wildman–Crippen MR) is 71.2 cm³/mol. The third-order valence-electron chi connectivity index (χ3n) is 3.65. The Morgan fingerprint density at radius 3 is 2.74 bits per heavy atom. The number of anilines is 1. The number of carboxylic acid groups (broad SMARTS) is 1. The van der Waals surface area contributed by atoms with E-state index in [1.807, 2.05) is 0 Å². The van der Waals surface area contributed by atoms with Crippen molar-refractivity contribution < 1.29 is 14.7 Å². The van der Waals surface area contributed by atoms with Gasteiger partial charge in [-0.15, -0.1) is 0 Å². The van der Waals surface area contributed by atoms with E-state index in [0.29, 0.717) is 18.2 Å². The average molecular weight is 262 g/mol. The van der Waals surface area contributed by atoms with Crippen LogP contribution in [0.1, 0.15) is 42.5 Å². The molecule has 1 heterocycles. The fourth-order valence-corrected chi connectivity index (χ4v) is 2.46. The van der Waals surface area contributed by atoms with Crippen molar-refractivity contribution in [3.63, 3.8) is 0 Å². The molecular formula is C14H18N2O3. The van der Waals surface area contributed by atoms with Crippen molar-refractivity contribution in [2.75, 3.05) is 11.9 Å². The monoisotopic (exact) mass is 262 g/mol. The van der Waals surface area contributed by atoms with E-state index in [0.717, 1.165) is 12.8 Å². The molecule has 0 bridgehead atoms. The van der Waals surface area contributed by atoms with Crippen LogP contribution in [0, 0.1) is 5.92 Å². The van der Waals surface area contributed by atoms with Crippen molar-refractivity contribution in [2.45, 2.75) is 32.1 Å². The Morgan fingerprint density at radius 2 is 2.11 bits per heavy atom. The molecule has 1 saturated carbocycles. The summed E-state index contributed by atoms with van der Waals surface area (Å²) in [4.78, 5) is 28.5. The summed E-state index contributed by atoms with van der Waals surface area (Å²) in [7, 11) is 1.64. The van der Waals surface area contributed by atoms with Crippen LogP contribution in [0.2, 0.25) is 0 Å². The number of carbonyl (C=O) groups excluding carboxylic acids is 1. The molecule has 19 heavy (non-hydrogen) atoms. The fraction of sp³-hybridized carbons (Fsp3) is 0.500. The third kappa shape index (κ3) is 3.30. The van der Waals surface area contributed by atoms with Crippen molar-refractivity contribution in [3.05, 3.63) is 23.9 Å². The van der Waals surface area contributed by atoms with Crippen LogP contribution in [0.5, 0.6) is 0 Å². The lowest BCUT2D eigenvalue weighted by Crippen LogP contribution is -2.28. The number of hydrogen-bond acceptors (Lipinski definition) is 3. The lowest BCUT2D eigenvalue weighted by atomic mass is 10.0. The highest BCUT2D eigenvalue weighted by atomic mass is 16.4. The van der Waals surface area contributed by atoms with Gasteiger partial charge in [-0.25, -0.2) is 9.78 Å². The molecule has 1 aliphatic carbocycles. The topological polar surface area (TPSA) is 70.5 Å². The second-order valence-corrected chi connectivity index (χ2v) is 5.02. The zero-order valence-corrected chi connectivity index (χ0v) is 11.0. The standard InChI is InChI=1S/C14H18N2O3/c1-16(13(17)8-10-4-2-3-5-10)12-9-11(14(18)19)6-7-15-12/h6-7,9-10H,2-5,8H2,1H3,(H,18,19). The first kappa shape index (κ1) is 13.5.